The minimum absolute atomic E-state index is 0.00778. The fourth-order valence-electron chi connectivity index (χ4n) is 1.52. The summed E-state index contributed by atoms with van der Waals surface area (Å²) < 4.78 is 27.0. The van der Waals surface area contributed by atoms with Crippen molar-refractivity contribution >= 4 is 11.6 Å². The molecule has 2 aromatic rings. The van der Waals surface area contributed by atoms with Gasteiger partial charge in [-0.2, -0.15) is 0 Å². The van der Waals surface area contributed by atoms with Crippen LogP contribution >= 0.6 is 0 Å². The van der Waals surface area contributed by atoms with E-state index in [1.807, 2.05) is 0 Å². The van der Waals surface area contributed by atoms with E-state index < -0.39 is 17.5 Å². The lowest BCUT2D eigenvalue weighted by molar-refractivity contribution is 0.0995. The SMILES string of the molecule is NC(=O)c1cc(-c2cc(F)c(N)cc2F)ccn1. The molecular weight excluding hydrogens is 240 g/mol. The van der Waals surface area contributed by atoms with Crippen molar-refractivity contribution in [3.05, 3.63) is 47.8 Å². The Balaban J connectivity index is 2.58. The van der Waals surface area contributed by atoms with Crippen LogP contribution in [0.5, 0.6) is 0 Å². The van der Waals surface area contributed by atoms with E-state index in [1.54, 1.807) is 0 Å². The summed E-state index contributed by atoms with van der Waals surface area (Å²) >= 11 is 0. The predicted molar refractivity (Wildman–Crippen MR) is 62.5 cm³/mol. The highest BCUT2D eigenvalue weighted by Crippen LogP contribution is 2.26. The third-order valence-corrected chi connectivity index (χ3v) is 2.41. The number of primary amides is 1. The van der Waals surface area contributed by atoms with E-state index in [0.29, 0.717) is 5.56 Å². The van der Waals surface area contributed by atoms with E-state index in [4.69, 9.17) is 11.5 Å². The van der Waals surface area contributed by atoms with E-state index >= 15 is 0 Å². The molecule has 6 heteroatoms. The fourth-order valence-corrected chi connectivity index (χ4v) is 1.52. The second-order valence-electron chi connectivity index (χ2n) is 3.65. The number of nitrogens with two attached hydrogens (primary N) is 2. The van der Waals surface area contributed by atoms with Gasteiger partial charge in [-0.1, -0.05) is 0 Å². The van der Waals surface area contributed by atoms with Crippen LogP contribution in [0.25, 0.3) is 11.1 Å². The van der Waals surface area contributed by atoms with Gasteiger partial charge in [0.2, 0.25) is 0 Å². The van der Waals surface area contributed by atoms with Crippen molar-refractivity contribution in [2.45, 2.75) is 0 Å². The van der Waals surface area contributed by atoms with Crippen molar-refractivity contribution in [3.8, 4) is 11.1 Å². The Hall–Kier alpha value is -2.50. The molecule has 0 unspecified atom stereocenters. The lowest BCUT2D eigenvalue weighted by Crippen LogP contribution is -2.12. The van der Waals surface area contributed by atoms with Gasteiger partial charge in [-0.05, 0) is 23.8 Å². The van der Waals surface area contributed by atoms with Crippen LogP contribution < -0.4 is 11.5 Å². The summed E-state index contributed by atoms with van der Waals surface area (Å²) in [6, 6.07) is 4.58. The Labute approximate surface area is 101 Å². The number of halogens is 2. The van der Waals surface area contributed by atoms with Crippen molar-refractivity contribution in [2.24, 2.45) is 5.73 Å². The maximum Gasteiger partial charge on any atom is 0.267 e. The number of anilines is 1. The van der Waals surface area contributed by atoms with Gasteiger partial charge in [-0.15, -0.1) is 0 Å². The highest BCUT2D eigenvalue weighted by Gasteiger charge is 2.11. The summed E-state index contributed by atoms with van der Waals surface area (Å²) in [5.41, 5.74) is 10.3. The number of hydrogen-bond acceptors (Lipinski definition) is 3. The molecule has 0 saturated heterocycles. The number of hydrogen-bond donors (Lipinski definition) is 2. The van der Waals surface area contributed by atoms with E-state index in [1.165, 1.54) is 18.3 Å². The van der Waals surface area contributed by atoms with E-state index in [2.05, 4.69) is 4.98 Å². The third-order valence-electron chi connectivity index (χ3n) is 2.41. The standard InChI is InChI=1S/C12H9F2N3O/c13-8-5-10(15)9(14)4-7(8)6-1-2-17-11(3-6)12(16)18/h1-5H,15H2,(H2,16,18). The van der Waals surface area contributed by atoms with Gasteiger partial charge in [0, 0.05) is 17.8 Å². The van der Waals surface area contributed by atoms with E-state index in [0.717, 1.165) is 12.1 Å². The van der Waals surface area contributed by atoms with Gasteiger partial charge in [0.1, 0.15) is 17.3 Å². The van der Waals surface area contributed by atoms with Crippen molar-refractivity contribution in [2.75, 3.05) is 5.73 Å². The number of nitrogens with zero attached hydrogens (tertiary/aromatic N) is 1. The van der Waals surface area contributed by atoms with Crippen LogP contribution in [0, 0.1) is 11.6 Å². The number of pyridine rings is 1. The lowest BCUT2D eigenvalue weighted by atomic mass is 10.0. The van der Waals surface area contributed by atoms with Crippen LogP contribution in [-0.4, -0.2) is 10.9 Å². The molecule has 0 aliphatic rings. The van der Waals surface area contributed by atoms with Crippen LogP contribution in [0.15, 0.2) is 30.5 Å². The molecule has 0 atom stereocenters. The van der Waals surface area contributed by atoms with Gasteiger partial charge in [0.15, 0.2) is 0 Å². The average Bonchev–Trinajstić information content (AvgIpc) is 2.34. The zero-order valence-electron chi connectivity index (χ0n) is 9.15. The molecule has 0 fully saturated rings. The Morgan fingerprint density at radius 1 is 1.17 bits per heavy atom. The summed E-state index contributed by atoms with van der Waals surface area (Å²) in [6.07, 6.45) is 1.29. The largest absolute Gasteiger partial charge is 0.396 e. The van der Waals surface area contributed by atoms with Crippen LogP contribution in [0.4, 0.5) is 14.5 Å². The molecule has 0 bridgehead atoms. The number of carbonyl (C=O) groups excluding carboxylic acids is 1. The molecule has 0 radical (unpaired) electrons. The molecule has 1 heterocycles. The van der Waals surface area contributed by atoms with Crippen LogP contribution in [0.2, 0.25) is 0 Å². The number of rotatable bonds is 2. The maximum absolute atomic E-state index is 13.7. The molecule has 0 aliphatic heterocycles. The highest BCUT2D eigenvalue weighted by atomic mass is 19.1. The third kappa shape index (κ3) is 2.13. The van der Waals surface area contributed by atoms with Gasteiger partial charge in [0.25, 0.3) is 5.91 Å². The van der Waals surface area contributed by atoms with Gasteiger partial charge >= 0.3 is 0 Å². The van der Waals surface area contributed by atoms with Crippen LogP contribution in [-0.2, 0) is 0 Å². The van der Waals surface area contributed by atoms with Gasteiger partial charge in [0.05, 0.1) is 5.69 Å². The van der Waals surface area contributed by atoms with Crippen LogP contribution in [0.1, 0.15) is 10.5 Å². The van der Waals surface area contributed by atoms with Gasteiger partial charge in [-0.25, -0.2) is 8.78 Å². The Kier molecular flexibility index (Phi) is 2.93. The number of amides is 1. The molecule has 0 spiro atoms. The van der Waals surface area contributed by atoms with Crippen molar-refractivity contribution in [1.82, 2.24) is 4.98 Å². The van der Waals surface area contributed by atoms with Crippen LogP contribution in [0.3, 0.4) is 0 Å². The molecule has 1 aromatic carbocycles. The van der Waals surface area contributed by atoms with E-state index in [9.17, 15) is 13.6 Å². The van der Waals surface area contributed by atoms with Crippen molar-refractivity contribution in [3.63, 3.8) is 0 Å². The van der Waals surface area contributed by atoms with Gasteiger partial charge < -0.3 is 11.5 Å². The van der Waals surface area contributed by atoms with Crippen molar-refractivity contribution in [1.29, 1.82) is 0 Å². The second kappa shape index (κ2) is 4.40. The Bertz CT molecular complexity index is 629. The first-order valence-corrected chi connectivity index (χ1v) is 5.00. The maximum atomic E-state index is 13.7. The summed E-state index contributed by atoms with van der Waals surface area (Å²) in [5, 5.41) is 0. The summed E-state index contributed by atoms with van der Waals surface area (Å²) in [4.78, 5) is 14.7. The molecular formula is C12H9F2N3O. The number of nitrogen functional groups attached to an aromatic ring is 1. The number of aromatic nitrogens is 1. The molecule has 0 aliphatic carbocycles. The highest BCUT2D eigenvalue weighted by molar-refractivity contribution is 5.92. The summed E-state index contributed by atoms with van der Waals surface area (Å²) in [6.45, 7) is 0. The molecule has 4 nitrogen and oxygen atoms in total. The smallest absolute Gasteiger partial charge is 0.267 e. The molecule has 92 valence electrons. The monoisotopic (exact) mass is 249 g/mol. The summed E-state index contributed by atoms with van der Waals surface area (Å²) in [5.74, 6) is -2.16. The predicted octanol–water partition coefficient (Wildman–Crippen LogP) is 1.71. The molecule has 2 rings (SSSR count). The first-order valence-electron chi connectivity index (χ1n) is 5.00. The fraction of sp³-hybridized carbons (Fsp3) is 0. The van der Waals surface area contributed by atoms with Gasteiger partial charge in [-0.3, -0.25) is 9.78 Å². The minimum atomic E-state index is -0.742. The summed E-state index contributed by atoms with van der Waals surface area (Å²) in [7, 11) is 0. The zero-order valence-corrected chi connectivity index (χ0v) is 9.15. The Morgan fingerprint density at radius 2 is 1.89 bits per heavy atom. The zero-order chi connectivity index (χ0) is 13.3. The van der Waals surface area contributed by atoms with Crippen molar-refractivity contribution < 1.29 is 13.6 Å². The molecule has 1 amide bonds. The number of carbonyl (C=O) groups is 1. The molecule has 18 heavy (non-hydrogen) atoms. The average molecular weight is 249 g/mol. The topological polar surface area (TPSA) is 82.0 Å². The Morgan fingerprint density at radius 3 is 2.56 bits per heavy atom. The quantitative estimate of drug-likeness (QED) is 0.795. The molecule has 4 N–H and O–H groups in total. The lowest BCUT2D eigenvalue weighted by Gasteiger charge is -2.06. The minimum Gasteiger partial charge on any atom is -0.396 e. The van der Waals surface area contributed by atoms with E-state index in [-0.39, 0.29) is 16.9 Å². The normalized spacial score (nSPS) is 10.3. The molecule has 0 saturated carbocycles. The first kappa shape index (κ1) is 12.0. The number of benzene rings is 1. The first-order chi connectivity index (χ1) is 8.49. The second-order valence-corrected chi connectivity index (χ2v) is 3.65. The molecule has 1 aromatic heterocycles.